The molecular weight excluding hydrogens is 444 g/mol. The molecule has 0 aliphatic rings. The van der Waals surface area contributed by atoms with Gasteiger partial charge >= 0.3 is 11.7 Å². The molecule has 0 bridgehead atoms. The standard InChI is InChI=1S/C20H21BrN2O4S/c1-20(2,3)27-16(24)12-23-17(25)14-11-15(21)28-18(14)22(19(23)26)10-9-13-7-5-4-6-8-13/h4-8,11H,9-10,12H2,1-3H3. The van der Waals surface area contributed by atoms with Gasteiger partial charge in [0.15, 0.2) is 0 Å². The topological polar surface area (TPSA) is 70.3 Å². The number of carbonyl (C=O) groups is 1. The summed E-state index contributed by atoms with van der Waals surface area (Å²) in [6, 6.07) is 11.5. The maximum atomic E-state index is 13.0. The number of hydrogen-bond acceptors (Lipinski definition) is 5. The minimum absolute atomic E-state index is 0.404. The van der Waals surface area contributed by atoms with Gasteiger partial charge in [0, 0.05) is 6.54 Å². The van der Waals surface area contributed by atoms with Gasteiger partial charge in [0.1, 0.15) is 17.0 Å². The summed E-state index contributed by atoms with van der Waals surface area (Å²) < 4.78 is 8.55. The molecule has 0 spiro atoms. The Hall–Kier alpha value is -2.19. The van der Waals surface area contributed by atoms with Crippen LogP contribution in [0.25, 0.3) is 10.2 Å². The number of rotatable bonds is 5. The van der Waals surface area contributed by atoms with Crippen molar-refractivity contribution in [3.05, 3.63) is 66.6 Å². The molecule has 0 radical (unpaired) electrons. The number of ether oxygens (including phenoxy) is 1. The second kappa shape index (κ2) is 8.05. The van der Waals surface area contributed by atoms with Gasteiger partial charge in [-0.05, 0) is 54.8 Å². The van der Waals surface area contributed by atoms with Crippen LogP contribution in [0.3, 0.4) is 0 Å². The van der Waals surface area contributed by atoms with Crippen LogP contribution >= 0.6 is 27.3 Å². The molecule has 28 heavy (non-hydrogen) atoms. The average Bonchev–Trinajstić information content (AvgIpc) is 2.99. The molecule has 3 aromatic rings. The number of esters is 1. The van der Waals surface area contributed by atoms with Gasteiger partial charge in [0.05, 0.1) is 9.17 Å². The van der Waals surface area contributed by atoms with Crippen LogP contribution in [0.15, 0.2) is 49.8 Å². The Labute approximate surface area is 174 Å². The van der Waals surface area contributed by atoms with Crippen molar-refractivity contribution in [2.75, 3.05) is 0 Å². The van der Waals surface area contributed by atoms with E-state index in [4.69, 9.17) is 4.74 Å². The van der Waals surface area contributed by atoms with Gasteiger partial charge in [0.25, 0.3) is 5.56 Å². The molecule has 0 saturated heterocycles. The summed E-state index contributed by atoms with van der Waals surface area (Å²) in [6.07, 6.45) is 0.635. The highest BCUT2D eigenvalue weighted by Gasteiger charge is 2.21. The van der Waals surface area contributed by atoms with Crippen molar-refractivity contribution in [2.24, 2.45) is 0 Å². The fourth-order valence-electron chi connectivity index (χ4n) is 2.90. The minimum Gasteiger partial charge on any atom is -0.459 e. The van der Waals surface area contributed by atoms with Crippen LogP contribution in [0.4, 0.5) is 0 Å². The highest BCUT2D eigenvalue weighted by molar-refractivity contribution is 9.11. The van der Waals surface area contributed by atoms with Crippen LogP contribution < -0.4 is 11.2 Å². The lowest BCUT2D eigenvalue weighted by Crippen LogP contribution is -2.42. The van der Waals surface area contributed by atoms with Gasteiger partial charge in [-0.3, -0.25) is 14.2 Å². The second-order valence-electron chi connectivity index (χ2n) is 7.42. The fourth-order valence-corrected chi connectivity index (χ4v) is 4.48. The number of aromatic nitrogens is 2. The zero-order valence-corrected chi connectivity index (χ0v) is 18.3. The number of benzene rings is 1. The van der Waals surface area contributed by atoms with Crippen molar-refractivity contribution in [3.8, 4) is 0 Å². The average molecular weight is 465 g/mol. The van der Waals surface area contributed by atoms with Crippen LogP contribution in [0.2, 0.25) is 0 Å². The second-order valence-corrected chi connectivity index (χ2v) is 9.83. The third kappa shape index (κ3) is 4.62. The van der Waals surface area contributed by atoms with Crippen molar-refractivity contribution in [2.45, 2.75) is 45.9 Å². The number of nitrogens with zero attached hydrogens (tertiary/aromatic N) is 2. The van der Waals surface area contributed by atoms with Gasteiger partial charge in [-0.2, -0.15) is 0 Å². The van der Waals surface area contributed by atoms with Crippen molar-refractivity contribution in [1.29, 1.82) is 0 Å². The molecule has 0 fully saturated rings. The summed E-state index contributed by atoms with van der Waals surface area (Å²) in [6.45, 7) is 5.21. The van der Waals surface area contributed by atoms with Crippen molar-refractivity contribution < 1.29 is 9.53 Å². The third-order valence-corrected chi connectivity index (χ3v) is 5.70. The lowest BCUT2D eigenvalue weighted by molar-refractivity contribution is -0.155. The van der Waals surface area contributed by atoms with Crippen LogP contribution in [-0.2, 0) is 29.0 Å². The molecule has 0 unspecified atom stereocenters. The molecule has 1 aromatic carbocycles. The smallest absolute Gasteiger partial charge is 0.332 e. The third-order valence-electron chi connectivity index (χ3n) is 4.04. The Kier molecular flexibility index (Phi) is 5.90. The predicted octanol–water partition coefficient (Wildman–Crippen LogP) is 3.57. The molecule has 0 N–H and O–H groups in total. The van der Waals surface area contributed by atoms with Gasteiger partial charge in [-0.1, -0.05) is 30.3 Å². The number of aryl methyl sites for hydroxylation is 2. The molecule has 0 amide bonds. The first-order valence-electron chi connectivity index (χ1n) is 8.84. The molecule has 8 heteroatoms. The predicted molar refractivity (Wildman–Crippen MR) is 114 cm³/mol. The quantitative estimate of drug-likeness (QED) is 0.541. The molecule has 2 heterocycles. The van der Waals surface area contributed by atoms with Gasteiger partial charge in [-0.25, -0.2) is 9.36 Å². The zero-order chi connectivity index (χ0) is 20.5. The summed E-state index contributed by atoms with van der Waals surface area (Å²) in [5, 5.41) is 0.410. The van der Waals surface area contributed by atoms with E-state index < -0.39 is 29.4 Å². The Bertz CT molecular complexity index is 1120. The number of halogens is 1. The van der Waals surface area contributed by atoms with E-state index >= 15 is 0 Å². The lowest BCUT2D eigenvalue weighted by atomic mass is 10.1. The number of thiophene rings is 1. The Balaban J connectivity index is 2.03. The highest BCUT2D eigenvalue weighted by Crippen LogP contribution is 2.27. The molecule has 148 valence electrons. The molecule has 0 aliphatic carbocycles. The first kappa shape index (κ1) is 20.5. The van der Waals surface area contributed by atoms with E-state index in [1.54, 1.807) is 31.4 Å². The van der Waals surface area contributed by atoms with E-state index in [9.17, 15) is 14.4 Å². The first-order chi connectivity index (χ1) is 13.2. The Morgan fingerprint density at radius 3 is 2.46 bits per heavy atom. The van der Waals surface area contributed by atoms with E-state index in [2.05, 4.69) is 15.9 Å². The molecule has 0 saturated carbocycles. The fraction of sp³-hybridized carbons (Fsp3) is 0.350. The van der Waals surface area contributed by atoms with Crippen LogP contribution in [0.1, 0.15) is 26.3 Å². The molecule has 0 aliphatic heterocycles. The highest BCUT2D eigenvalue weighted by atomic mass is 79.9. The van der Waals surface area contributed by atoms with Crippen LogP contribution in [0, 0.1) is 0 Å². The molecule has 0 atom stereocenters. The largest absolute Gasteiger partial charge is 0.459 e. The summed E-state index contributed by atoms with van der Waals surface area (Å²) in [5.74, 6) is -0.616. The van der Waals surface area contributed by atoms with Gasteiger partial charge in [0.2, 0.25) is 0 Å². The Morgan fingerprint density at radius 2 is 1.82 bits per heavy atom. The van der Waals surface area contributed by atoms with Gasteiger partial charge in [-0.15, -0.1) is 11.3 Å². The SMILES string of the molecule is CC(C)(C)OC(=O)Cn1c(=O)c2cc(Br)sc2n(CCc2ccccc2)c1=O. The van der Waals surface area contributed by atoms with Crippen LogP contribution in [0.5, 0.6) is 0 Å². The minimum atomic E-state index is -0.692. The van der Waals surface area contributed by atoms with E-state index in [1.165, 1.54) is 11.3 Å². The van der Waals surface area contributed by atoms with E-state index in [1.807, 2.05) is 30.3 Å². The monoisotopic (exact) mass is 464 g/mol. The summed E-state index contributed by atoms with van der Waals surface area (Å²) >= 11 is 4.72. The number of fused-ring (bicyclic) bond motifs is 1. The molecule has 6 nitrogen and oxygen atoms in total. The maximum absolute atomic E-state index is 13.0. The van der Waals surface area contributed by atoms with E-state index in [-0.39, 0.29) is 0 Å². The van der Waals surface area contributed by atoms with Crippen molar-refractivity contribution >= 4 is 43.5 Å². The van der Waals surface area contributed by atoms with Gasteiger partial charge < -0.3 is 4.74 Å². The maximum Gasteiger partial charge on any atom is 0.332 e. The Morgan fingerprint density at radius 1 is 1.14 bits per heavy atom. The van der Waals surface area contributed by atoms with E-state index in [0.717, 1.165) is 13.9 Å². The summed E-state index contributed by atoms with van der Waals surface area (Å²) in [7, 11) is 0. The normalized spacial score (nSPS) is 11.7. The number of hydrogen-bond donors (Lipinski definition) is 0. The summed E-state index contributed by atoms with van der Waals surface area (Å²) in [5.41, 5.74) is -0.594. The summed E-state index contributed by atoms with van der Waals surface area (Å²) in [4.78, 5) is 38.7. The van der Waals surface area contributed by atoms with Crippen LogP contribution in [-0.4, -0.2) is 20.7 Å². The first-order valence-corrected chi connectivity index (χ1v) is 10.4. The zero-order valence-electron chi connectivity index (χ0n) is 15.9. The number of carbonyl (C=O) groups excluding carboxylic acids is 1. The molecule has 3 rings (SSSR count). The lowest BCUT2D eigenvalue weighted by Gasteiger charge is -2.20. The molecular formula is C20H21BrN2O4S. The van der Waals surface area contributed by atoms with Crippen molar-refractivity contribution in [1.82, 2.24) is 9.13 Å². The van der Waals surface area contributed by atoms with E-state index in [0.29, 0.717) is 23.2 Å². The molecule has 2 aromatic heterocycles. The van der Waals surface area contributed by atoms with Crippen molar-refractivity contribution in [3.63, 3.8) is 0 Å².